The summed E-state index contributed by atoms with van der Waals surface area (Å²) in [6.45, 7) is 0. The van der Waals surface area contributed by atoms with Crippen LogP contribution in [0, 0.1) is 5.82 Å². The molecular weight excluding hydrogens is 299 g/mol. The van der Waals surface area contributed by atoms with Crippen molar-refractivity contribution in [2.75, 3.05) is 9.91 Å². The van der Waals surface area contributed by atoms with Crippen LogP contribution >= 0.6 is 0 Å². The normalized spacial score (nSPS) is 22.8. The second kappa shape index (κ2) is 4.98. The largest absolute Gasteiger partial charge is 0.271 e. The first-order valence-corrected chi connectivity index (χ1v) is 7.05. The van der Waals surface area contributed by atoms with E-state index < -0.39 is 18.0 Å². The first-order chi connectivity index (χ1) is 11.2. The standard InChI is InChI=1S/C16H11FN4O2/c17-10-6-8-12(9-7-10)21-14-13(18-19-21)15(22)20(16(14)23)11-4-2-1-3-5-11/h1-9,13-14H/t13-,14-/m0/s1. The Labute approximate surface area is 130 Å². The van der Waals surface area contributed by atoms with Gasteiger partial charge in [-0.05, 0) is 36.4 Å². The smallest absolute Gasteiger partial charge is 0.263 e. The molecule has 4 rings (SSSR count). The van der Waals surface area contributed by atoms with Gasteiger partial charge in [0, 0.05) is 0 Å². The van der Waals surface area contributed by atoms with E-state index in [2.05, 4.69) is 10.3 Å². The van der Waals surface area contributed by atoms with Crippen LogP contribution in [0.3, 0.4) is 0 Å². The van der Waals surface area contributed by atoms with Gasteiger partial charge in [0.15, 0.2) is 12.1 Å². The maximum atomic E-state index is 13.1. The molecule has 2 aliphatic rings. The van der Waals surface area contributed by atoms with Crippen LogP contribution in [0.25, 0.3) is 0 Å². The van der Waals surface area contributed by atoms with Gasteiger partial charge in [-0.25, -0.2) is 14.3 Å². The fraction of sp³-hybridized carbons (Fsp3) is 0.125. The second-order valence-electron chi connectivity index (χ2n) is 5.26. The van der Waals surface area contributed by atoms with Crippen LogP contribution in [0.5, 0.6) is 0 Å². The summed E-state index contributed by atoms with van der Waals surface area (Å²) in [5, 5.41) is 9.22. The minimum absolute atomic E-state index is 0.388. The number of amides is 2. The Morgan fingerprint density at radius 2 is 1.57 bits per heavy atom. The third kappa shape index (κ3) is 2.01. The third-order valence-electron chi connectivity index (χ3n) is 3.89. The van der Waals surface area contributed by atoms with E-state index in [1.54, 1.807) is 30.3 Å². The van der Waals surface area contributed by atoms with Crippen LogP contribution in [0.4, 0.5) is 15.8 Å². The summed E-state index contributed by atoms with van der Waals surface area (Å²) in [7, 11) is 0. The lowest BCUT2D eigenvalue weighted by Gasteiger charge is -2.20. The van der Waals surface area contributed by atoms with Crippen molar-refractivity contribution in [3.63, 3.8) is 0 Å². The first-order valence-electron chi connectivity index (χ1n) is 7.05. The van der Waals surface area contributed by atoms with Crippen molar-refractivity contribution in [3.05, 3.63) is 60.4 Å². The molecule has 0 unspecified atom stereocenters. The fourth-order valence-corrected chi connectivity index (χ4v) is 2.80. The highest BCUT2D eigenvalue weighted by Crippen LogP contribution is 2.34. The van der Waals surface area contributed by atoms with Crippen molar-refractivity contribution in [3.8, 4) is 0 Å². The molecule has 0 bridgehead atoms. The third-order valence-corrected chi connectivity index (χ3v) is 3.89. The summed E-state index contributed by atoms with van der Waals surface area (Å²) < 4.78 is 13.1. The lowest BCUT2D eigenvalue weighted by molar-refractivity contribution is -0.121. The summed E-state index contributed by atoms with van der Waals surface area (Å²) in [5.41, 5.74) is 1.02. The SMILES string of the molecule is O=C1[C@H]2N=NN(c3ccc(F)cc3)[C@@H]2C(=O)N1c1ccccc1. The number of hydrogen-bond donors (Lipinski definition) is 0. The lowest BCUT2D eigenvalue weighted by atomic mass is 10.1. The molecule has 0 spiro atoms. The van der Waals surface area contributed by atoms with E-state index in [0.29, 0.717) is 11.4 Å². The Morgan fingerprint density at radius 1 is 0.870 bits per heavy atom. The van der Waals surface area contributed by atoms with Crippen LogP contribution in [-0.2, 0) is 9.59 Å². The number of nitrogens with zero attached hydrogens (tertiary/aromatic N) is 4. The van der Waals surface area contributed by atoms with Crippen molar-refractivity contribution >= 4 is 23.2 Å². The number of imide groups is 1. The Bertz CT molecular complexity index is 807. The van der Waals surface area contributed by atoms with Gasteiger partial charge in [0.2, 0.25) is 0 Å². The van der Waals surface area contributed by atoms with Gasteiger partial charge in [0.1, 0.15) is 5.82 Å². The summed E-state index contributed by atoms with van der Waals surface area (Å²) in [6.07, 6.45) is 0. The van der Waals surface area contributed by atoms with Crippen LogP contribution in [0.2, 0.25) is 0 Å². The van der Waals surface area contributed by atoms with E-state index in [-0.39, 0.29) is 11.7 Å². The highest BCUT2D eigenvalue weighted by atomic mass is 19.1. The van der Waals surface area contributed by atoms with Crippen molar-refractivity contribution in [2.45, 2.75) is 12.1 Å². The van der Waals surface area contributed by atoms with Gasteiger partial charge < -0.3 is 0 Å². The van der Waals surface area contributed by atoms with E-state index in [1.807, 2.05) is 0 Å². The van der Waals surface area contributed by atoms with Crippen LogP contribution < -0.4 is 9.91 Å². The number of para-hydroxylation sites is 1. The molecule has 0 aromatic heterocycles. The minimum Gasteiger partial charge on any atom is -0.271 e. The molecule has 0 N–H and O–H groups in total. The Morgan fingerprint density at radius 3 is 2.26 bits per heavy atom. The fourth-order valence-electron chi connectivity index (χ4n) is 2.80. The average molecular weight is 310 g/mol. The van der Waals surface area contributed by atoms with Crippen molar-refractivity contribution in [1.29, 1.82) is 0 Å². The molecule has 114 valence electrons. The number of rotatable bonds is 2. The van der Waals surface area contributed by atoms with Crippen LogP contribution in [0.15, 0.2) is 64.9 Å². The molecule has 2 amide bonds. The van der Waals surface area contributed by atoms with Gasteiger partial charge >= 0.3 is 0 Å². The van der Waals surface area contributed by atoms with Crippen molar-refractivity contribution < 1.29 is 14.0 Å². The number of hydrogen-bond acceptors (Lipinski definition) is 5. The molecule has 0 saturated carbocycles. The first kappa shape index (κ1) is 13.6. The Kier molecular flexibility index (Phi) is 2.94. The highest BCUT2D eigenvalue weighted by molar-refractivity contribution is 6.26. The van der Waals surface area contributed by atoms with Gasteiger partial charge in [-0.3, -0.25) is 9.59 Å². The van der Waals surface area contributed by atoms with Crippen molar-refractivity contribution in [2.24, 2.45) is 10.3 Å². The summed E-state index contributed by atoms with van der Waals surface area (Å²) in [6, 6.07) is 12.5. The average Bonchev–Trinajstić information content (AvgIpc) is 3.10. The minimum atomic E-state index is -0.868. The molecule has 2 atom stereocenters. The zero-order valence-corrected chi connectivity index (χ0v) is 11.8. The summed E-state index contributed by atoms with van der Waals surface area (Å²) in [4.78, 5) is 26.3. The number of carbonyl (C=O) groups is 2. The summed E-state index contributed by atoms with van der Waals surface area (Å²) in [5.74, 6) is -1.18. The van der Waals surface area contributed by atoms with Gasteiger partial charge in [-0.2, -0.15) is 5.11 Å². The number of halogens is 1. The zero-order valence-electron chi connectivity index (χ0n) is 11.8. The second-order valence-corrected chi connectivity index (χ2v) is 5.26. The number of fused-ring (bicyclic) bond motifs is 1. The topological polar surface area (TPSA) is 65.3 Å². The van der Waals surface area contributed by atoms with E-state index in [4.69, 9.17) is 0 Å². The maximum absolute atomic E-state index is 13.1. The molecule has 6 nitrogen and oxygen atoms in total. The van der Waals surface area contributed by atoms with E-state index in [0.717, 1.165) is 4.90 Å². The van der Waals surface area contributed by atoms with E-state index >= 15 is 0 Å². The molecule has 23 heavy (non-hydrogen) atoms. The molecule has 0 aliphatic carbocycles. The molecular formula is C16H11FN4O2. The van der Waals surface area contributed by atoms with Gasteiger partial charge in [-0.1, -0.05) is 23.4 Å². The van der Waals surface area contributed by atoms with E-state index in [9.17, 15) is 14.0 Å². The summed E-state index contributed by atoms with van der Waals surface area (Å²) >= 11 is 0. The molecule has 2 aliphatic heterocycles. The van der Waals surface area contributed by atoms with Crippen LogP contribution in [0.1, 0.15) is 0 Å². The predicted octanol–water partition coefficient (Wildman–Crippen LogP) is 2.32. The van der Waals surface area contributed by atoms with Gasteiger partial charge in [-0.15, -0.1) is 0 Å². The zero-order chi connectivity index (χ0) is 16.0. The molecule has 2 aromatic carbocycles. The Balaban J connectivity index is 1.70. The van der Waals surface area contributed by atoms with Gasteiger partial charge in [0.25, 0.3) is 11.8 Å². The lowest BCUT2D eigenvalue weighted by Crippen LogP contribution is -2.39. The van der Waals surface area contributed by atoms with Crippen LogP contribution in [-0.4, -0.2) is 23.9 Å². The van der Waals surface area contributed by atoms with Gasteiger partial charge in [0.05, 0.1) is 11.4 Å². The number of carbonyl (C=O) groups excluding carboxylic acids is 2. The maximum Gasteiger partial charge on any atom is 0.263 e. The monoisotopic (exact) mass is 310 g/mol. The predicted molar refractivity (Wildman–Crippen MR) is 80.2 cm³/mol. The molecule has 0 radical (unpaired) electrons. The highest BCUT2D eigenvalue weighted by Gasteiger charge is 2.55. The molecule has 1 fully saturated rings. The van der Waals surface area contributed by atoms with E-state index in [1.165, 1.54) is 29.3 Å². The quantitative estimate of drug-likeness (QED) is 0.800. The molecule has 2 aromatic rings. The molecule has 2 heterocycles. The van der Waals surface area contributed by atoms with Crippen molar-refractivity contribution in [1.82, 2.24) is 0 Å². The Hall–Kier alpha value is -3.09. The molecule has 1 saturated heterocycles. The number of anilines is 2. The number of benzene rings is 2. The molecule has 7 heteroatoms.